The predicted molar refractivity (Wildman–Crippen MR) is 183 cm³/mol. The average molecular weight is 714 g/mol. The molecule has 0 aliphatic carbocycles. The van der Waals surface area contributed by atoms with Crippen molar-refractivity contribution in [3.05, 3.63) is 140 Å². The standard InChI is InChI=1S/C35H26Br2N2O3S/c1-41-29-15-12-23(13-16-29)21-39-34(40)32(43-35(39)38-28-9-3-2-4-10-28)20-25-18-30(36)33(31(37)19-25)42-22-24-11-14-26-7-5-6-8-27(26)17-24/h2-20H,21-22H2,1H3/b32-20-,38-35?. The summed E-state index contributed by atoms with van der Waals surface area (Å²) in [4.78, 5) is 20.8. The number of ether oxygens (including phenoxy) is 2. The molecular formula is C35H26Br2N2O3S. The molecule has 1 aliphatic rings. The Bertz CT molecular complexity index is 1830. The molecule has 0 atom stereocenters. The average Bonchev–Trinajstić information content (AvgIpc) is 3.30. The van der Waals surface area contributed by atoms with Gasteiger partial charge in [0.25, 0.3) is 5.91 Å². The van der Waals surface area contributed by atoms with E-state index in [9.17, 15) is 4.79 Å². The molecule has 1 saturated heterocycles. The van der Waals surface area contributed by atoms with Crippen LogP contribution in [0.15, 0.2) is 128 Å². The number of para-hydroxylation sites is 1. The van der Waals surface area contributed by atoms with Crippen LogP contribution in [-0.4, -0.2) is 23.1 Å². The lowest BCUT2D eigenvalue weighted by atomic mass is 10.1. The van der Waals surface area contributed by atoms with Crippen LogP contribution in [0, 0.1) is 0 Å². The highest BCUT2D eigenvalue weighted by atomic mass is 79.9. The van der Waals surface area contributed by atoms with E-state index in [0.717, 1.165) is 37.1 Å². The van der Waals surface area contributed by atoms with E-state index in [1.54, 1.807) is 12.0 Å². The first kappa shape index (κ1) is 29.2. The molecule has 5 aromatic carbocycles. The minimum absolute atomic E-state index is 0.0978. The maximum atomic E-state index is 13.7. The first-order chi connectivity index (χ1) is 21.0. The number of hydrogen-bond donors (Lipinski definition) is 0. The molecule has 0 bridgehead atoms. The van der Waals surface area contributed by atoms with Gasteiger partial charge in [-0.3, -0.25) is 9.69 Å². The van der Waals surface area contributed by atoms with Gasteiger partial charge in [0.15, 0.2) is 5.17 Å². The Morgan fingerprint density at radius 2 is 1.49 bits per heavy atom. The molecule has 8 heteroatoms. The minimum atomic E-state index is -0.0978. The molecule has 0 saturated carbocycles. The van der Waals surface area contributed by atoms with Crippen molar-refractivity contribution in [1.29, 1.82) is 0 Å². The molecule has 0 N–H and O–H groups in total. The molecule has 5 aromatic rings. The van der Waals surface area contributed by atoms with Crippen LogP contribution in [0.5, 0.6) is 11.5 Å². The van der Waals surface area contributed by atoms with Gasteiger partial charge in [-0.2, -0.15) is 0 Å². The van der Waals surface area contributed by atoms with Crippen LogP contribution in [-0.2, 0) is 17.9 Å². The maximum Gasteiger partial charge on any atom is 0.267 e. The molecule has 43 heavy (non-hydrogen) atoms. The summed E-state index contributed by atoms with van der Waals surface area (Å²) in [6.07, 6.45) is 1.89. The summed E-state index contributed by atoms with van der Waals surface area (Å²) in [5.41, 5.74) is 3.71. The number of benzene rings is 5. The van der Waals surface area contributed by atoms with E-state index < -0.39 is 0 Å². The summed E-state index contributed by atoms with van der Waals surface area (Å²) in [6, 6.07) is 35.9. The fourth-order valence-electron chi connectivity index (χ4n) is 4.69. The van der Waals surface area contributed by atoms with Gasteiger partial charge in [-0.1, -0.05) is 66.7 Å². The van der Waals surface area contributed by atoms with Crippen molar-refractivity contribution in [2.45, 2.75) is 13.2 Å². The fourth-order valence-corrected chi connectivity index (χ4v) is 7.14. The maximum absolute atomic E-state index is 13.7. The fraction of sp³-hybridized carbons (Fsp3) is 0.0857. The zero-order valence-corrected chi connectivity index (χ0v) is 27.2. The molecule has 0 unspecified atom stereocenters. The van der Waals surface area contributed by atoms with Crippen molar-refractivity contribution in [2.75, 3.05) is 7.11 Å². The Labute approximate surface area is 271 Å². The van der Waals surface area contributed by atoms with E-state index in [4.69, 9.17) is 14.5 Å². The summed E-state index contributed by atoms with van der Waals surface area (Å²) in [5, 5.41) is 3.01. The van der Waals surface area contributed by atoms with Gasteiger partial charge in [0.2, 0.25) is 0 Å². The van der Waals surface area contributed by atoms with Gasteiger partial charge < -0.3 is 9.47 Å². The molecule has 1 aliphatic heterocycles. The normalized spacial score (nSPS) is 15.0. The van der Waals surface area contributed by atoms with E-state index in [-0.39, 0.29) is 5.91 Å². The van der Waals surface area contributed by atoms with Crippen molar-refractivity contribution < 1.29 is 14.3 Å². The number of halogens is 2. The highest BCUT2D eigenvalue weighted by Gasteiger charge is 2.33. The summed E-state index contributed by atoms with van der Waals surface area (Å²) in [7, 11) is 1.64. The van der Waals surface area contributed by atoms with Crippen LogP contribution < -0.4 is 9.47 Å². The Morgan fingerprint density at radius 3 is 2.21 bits per heavy atom. The Morgan fingerprint density at radius 1 is 0.814 bits per heavy atom. The van der Waals surface area contributed by atoms with Gasteiger partial charge in [0.1, 0.15) is 18.1 Å². The summed E-state index contributed by atoms with van der Waals surface area (Å²) in [6.45, 7) is 0.824. The van der Waals surface area contributed by atoms with Crippen molar-refractivity contribution >= 4 is 77.2 Å². The van der Waals surface area contributed by atoms with Gasteiger partial charge in [-0.05, 0) is 120 Å². The third-order valence-corrected chi connectivity index (χ3v) is 9.07. The lowest BCUT2D eigenvalue weighted by molar-refractivity contribution is -0.122. The van der Waals surface area contributed by atoms with Gasteiger partial charge in [-0.25, -0.2) is 4.99 Å². The summed E-state index contributed by atoms with van der Waals surface area (Å²) in [5.74, 6) is 1.37. The minimum Gasteiger partial charge on any atom is -0.497 e. The SMILES string of the molecule is COc1ccc(CN2C(=O)/C(=C/c3cc(Br)c(OCc4ccc5ccccc5c4)c(Br)c3)SC2=Nc2ccccc2)cc1. The molecule has 1 amide bonds. The van der Waals surface area contributed by atoms with Gasteiger partial charge in [-0.15, -0.1) is 0 Å². The predicted octanol–water partition coefficient (Wildman–Crippen LogP) is 9.76. The van der Waals surface area contributed by atoms with Crippen molar-refractivity contribution in [3.8, 4) is 11.5 Å². The molecule has 0 spiro atoms. The topological polar surface area (TPSA) is 51.1 Å². The third kappa shape index (κ3) is 6.88. The number of amidine groups is 1. The lowest BCUT2D eigenvalue weighted by Crippen LogP contribution is -2.28. The van der Waals surface area contributed by atoms with E-state index in [0.29, 0.717) is 29.0 Å². The highest BCUT2D eigenvalue weighted by molar-refractivity contribution is 9.11. The lowest BCUT2D eigenvalue weighted by Gasteiger charge is -2.16. The molecule has 1 heterocycles. The molecule has 1 fully saturated rings. The van der Waals surface area contributed by atoms with Crippen LogP contribution >= 0.6 is 43.6 Å². The monoisotopic (exact) mass is 712 g/mol. The molecular weight excluding hydrogens is 688 g/mol. The molecule has 0 radical (unpaired) electrons. The summed E-state index contributed by atoms with van der Waals surface area (Å²) >= 11 is 8.73. The second-order valence-corrected chi connectivity index (χ2v) is 12.6. The quantitative estimate of drug-likeness (QED) is 0.150. The largest absolute Gasteiger partial charge is 0.497 e. The zero-order valence-electron chi connectivity index (χ0n) is 23.2. The number of amides is 1. The molecule has 6 rings (SSSR count). The van der Waals surface area contributed by atoms with Crippen LogP contribution in [0.3, 0.4) is 0 Å². The van der Waals surface area contributed by atoms with Crippen molar-refractivity contribution in [1.82, 2.24) is 4.90 Å². The Balaban J connectivity index is 1.24. The number of aliphatic imine (C=N–C) groups is 1. The first-order valence-corrected chi connectivity index (χ1v) is 15.9. The van der Waals surface area contributed by atoms with Crippen LogP contribution in [0.25, 0.3) is 16.8 Å². The number of methoxy groups -OCH3 is 1. The van der Waals surface area contributed by atoms with Gasteiger partial charge >= 0.3 is 0 Å². The number of thioether (sulfide) groups is 1. The molecule has 5 nitrogen and oxygen atoms in total. The number of nitrogens with zero attached hydrogens (tertiary/aromatic N) is 2. The van der Waals surface area contributed by atoms with Gasteiger partial charge in [0.05, 0.1) is 33.2 Å². The third-order valence-electron chi connectivity index (χ3n) is 6.88. The van der Waals surface area contributed by atoms with E-state index in [2.05, 4.69) is 62.2 Å². The van der Waals surface area contributed by atoms with Crippen LogP contribution in [0.1, 0.15) is 16.7 Å². The van der Waals surface area contributed by atoms with Crippen molar-refractivity contribution in [2.24, 2.45) is 4.99 Å². The number of fused-ring (bicyclic) bond motifs is 1. The number of carbonyl (C=O) groups is 1. The zero-order chi connectivity index (χ0) is 29.8. The van der Waals surface area contributed by atoms with Crippen LogP contribution in [0.4, 0.5) is 5.69 Å². The van der Waals surface area contributed by atoms with Crippen molar-refractivity contribution in [3.63, 3.8) is 0 Å². The number of rotatable bonds is 8. The molecule has 0 aromatic heterocycles. The molecule has 214 valence electrons. The highest BCUT2D eigenvalue weighted by Crippen LogP contribution is 2.39. The van der Waals surface area contributed by atoms with Crippen LogP contribution in [0.2, 0.25) is 0 Å². The van der Waals surface area contributed by atoms with Gasteiger partial charge in [0, 0.05) is 0 Å². The summed E-state index contributed by atoms with van der Waals surface area (Å²) < 4.78 is 13.1. The second-order valence-electron chi connectivity index (χ2n) is 9.86. The van der Waals surface area contributed by atoms with E-state index in [1.165, 1.54) is 22.5 Å². The first-order valence-electron chi connectivity index (χ1n) is 13.5. The van der Waals surface area contributed by atoms with E-state index in [1.807, 2.05) is 84.9 Å². The second kappa shape index (κ2) is 13.2. The Hall–Kier alpha value is -3.85. The number of hydrogen-bond acceptors (Lipinski definition) is 5. The smallest absolute Gasteiger partial charge is 0.267 e. The number of carbonyl (C=O) groups excluding carboxylic acids is 1. The van der Waals surface area contributed by atoms with E-state index >= 15 is 0 Å². The Kier molecular flexibility index (Phi) is 8.98.